The minimum absolute atomic E-state index is 0. The average molecular weight is 371 g/mol. The van der Waals surface area contributed by atoms with Gasteiger partial charge in [-0.05, 0) is 63.3 Å². The predicted octanol–water partition coefficient (Wildman–Crippen LogP) is 3.25. The number of benzene rings is 1. The van der Waals surface area contributed by atoms with Crippen molar-refractivity contribution in [1.29, 1.82) is 0 Å². The summed E-state index contributed by atoms with van der Waals surface area (Å²) in [6, 6.07) is 7.73. The highest BCUT2D eigenvalue weighted by Crippen LogP contribution is 2.20. The molecular weight excluding hydrogens is 340 g/mol. The van der Waals surface area contributed by atoms with Crippen molar-refractivity contribution in [1.82, 2.24) is 4.90 Å². The Bertz CT molecular complexity index is 508. The van der Waals surface area contributed by atoms with E-state index in [0.29, 0.717) is 25.6 Å². The molecule has 2 N–H and O–H groups in total. The lowest BCUT2D eigenvalue weighted by Crippen LogP contribution is -2.45. The van der Waals surface area contributed by atoms with Crippen LogP contribution in [0, 0.1) is 5.92 Å². The molecule has 25 heavy (non-hydrogen) atoms. The largest absolute Gasteiger partial charge is 0.494 e. The van der Waals surface area contributed by atoms with E-state index in [1.54, 1.807) is 0 Å². The molecule has 0 bridgehead atoms. The third-order valence-electron chi connectivity index (χ3n) is 4.49. The number of hydrogen-bond acceptors (Lipinski definition) is 4. The van der Waals surface area contributed by atoms with Crippen molar-refractivity contribution < 1.29 is 14.3 Å². The van der Waals surface area contributed by atoms with Crippen molar-refractivity contribution in [3.8, 4) is 11.5 Å². The van der Waals surface area contributed by atoms with Crippen LogP contribution in [0.25, 0.3) is 0 Å². The Kier molecular flexibility index (Phi) is 9.68. The van der Waals surface area contributed by atoms with Gasteiger partial charge in [-0.2, -0.15) is 0 Å². The second-order valence-electron chi connectivity index (χ2n) is 6.46. The molecule has 1 aliphatic rings. The summed E-state index contributed by atoms with van der Waals surface area (Å²) < 4.78 is 11.1. The molecule has 0 aliphatic carbocycles. The van der Waals surface area contributed by atoms with E-state index in [1.165, 1.54) is 0 Å². The van der Waals surface area contributed by atoms with Crippen LogP contribution in [0.15, 0.2) is 24.3 Å². The van der Waals surface area contributed by atoms with Crippen LogP contribution in [0.1, 0.15) is 39.5 Å². The maximum absolute atomic E-state index is 12.3. The van der Waals surface area contributed by atoms with Gasteiger partial charge in [0, 0.05) is 25.6 Å². The van der Waals surface area contributed by atoms with Crippen molar-refractivity contribution in [3.05, 3.63) is 24.3 Å². The van der Waals surface area contributed by atoms with E-state index in [2.05, 4.69) is 0 Å². The summed E-state index contributed by atoms with van der Waals surface area (Å²) in [5.74, 6) is 2.30. The van der Waals surface area contributed by atoms with Crippen LogP contribution in [0.3, 0.4) is 0 Å². The number of nitrogens with two attached hydrogens (primary N) is 1. The first-order chi connectivity index (χ1) is 11.6. The standard InChI is InChI=1S/C19H30N2O3.ClH/c1-3-23-17-8-10-18(11-9-17)24-13-5-7-19(22)21-12-4-6-16(14-21)15(2)20;/h8-11,15-16H,3-7,12-14,20H2,1-2H3;1H. The highest BCUT2D eigenvalue weighted by Gasteiger charge is 2.25. The molecule has 2 atom stereocenters. The molecule has 1 aromatic carbocycles. The molecule has 142 valence electrons. The Labute approximate surface area is 157 Å². The Morgan fingerprint density at radius 1 is 1.28 bits per heavy atom. The van der Waals surface area contributed by atoms with Crippen molar-refractivity contribution in [2.24, 2.45) is 11.7 Å². The summed E-state index contributed by atoms with van der Waals surface area (Å²) in [6.45, 7) is 6.86. The normalized spacial score (nSPS) is 18.2. The molecule has 1 saturated heterocycles. The maximum Gasteiger partial charge on any atom is 0.222 e. The zero-order valence-corrected chi connectivity index (χ0v) is 16.1. The first-order valence-electron chi connectivity index (χ1n) is 8.99. The fraction of sp³-hybridized carbons (Fsp3) is 0.632. The number of piperidine rings is 1. The van der Waals surface area contributed by atoms with E-state index in [1.807, 2.05) is 43.0 Å². The van der Waals surface area contributed by atoms with Gasteiger partial charge in [0.05, 0.1) is 13.2 Å². The molecule has 2 unspecified atom stereocenters. The Morgan fingerprint density at radius 3 is 2.52 bits per heavy atom. The lowest BCUT2D eigenvalue weighted by Gasteiger charge is -2.34. The average Bonchev–Trinajstić information content (AvgIpc) is 2.60. The maximum atomic E-state index is 12.3. The molecule has 0 spiro atoms. The Hall–Kier alpha value is -1.46. The van der Waals surface area contributed by atoms with Gasteiger partial charge in [-0.1, -0.05) is 0 Å². The molecule has 1 amide bonds. The van der Waals surface area contributed by atoms with Crippen LogP contribution in [-0.2, 0) is 4.79 Å². The van der Waals surface area contributed by atoms with Crippen molar-refractivity contribution >= 4 is 18.3 Å². The lowest BCUT2D eigenvalue weighted by atomic mass is 9.92. The number of carbonyl (C=O) groups excluding carboxylic acids is 1. The molecule has 0 saturated carbocycles. The zero-order valence-electron chi connectivity index (χ0n) is 15.3. The summed E-state index contributed by atoms with van der Waals surface area (Å²) in [7, 11) is 0. The van der Waals surface area contributed by atoms with Gasteiger partial charge in [0.2, 0.25) is 5.91 Å². The van der Waals surface area contributed by atoms with Crippen LogP contribution < -0.4 is 15.2 Å². The summed E-state index contributed by atoms with van der Waals surface area (Å²) in [5.41, 5.74) is 5.98. The van der Waals surface area contributed by atoms with Gasteiger partial charge in [0.1, 0.15) is 11.5 Å². The van der Waals surface area contributed by atoms with Gasteiger partial charge in [-0.3, -0.25) is 4.79 Å². The smallest absolute Gasteiger partial charge is 0.222 e. The molecule has 5 nitrogen and oxygen atoms in total. The molecule has 1 fully saturated rings. The van der Waals surface area contributed by atoms with Crippen LogP contribution in [-0.4, -0.2) is 43.2 Å². The van der Waals surface area contributed by atoms with Gasteiger partial charge in [0.25, 0.3) is 0 Å². The molecule has 1 heterocycles. The summed E-state index contributed by atoms with van der Waals surface area (Å²) in [6.07, 6.45) is 3.44. The van der Waals surface area contributed by atoms with Crippen molar-refractivity contribution in [3.63, 3.8) is 0 Å². The highest BCUT2D eigenvalue weighted by atomic mass is 35.5. The van der Waals surface area contributed by atoms with E-state index in [0.717, 1.165) is 43.9 Å². The lowest BCUT2D eigenvalue weighted by molar-refractivity contribution is -0.133. The van der Waals surface area contributed by atoms with Crippen LogP contribution >= 0.6 is 12.4 Å². The molecule has 1 aliphatic heterocycles. The molecule has 0 aromatic heterocycles. The van der Waals surface area contributed by atoms with Crippen molar-refractivity contribution in [2.45, 2.75) is 45.6 Å². The third kappa shape index (κ3) is 7.12. The molecule has 1 aromatic rings. The predicted molar refractivity (Wildman–Crippen MR) is 103 cm³/mol. The number of rotatable bonds is 8. The van der Waals surface area contributed by atoms with E-state index >= 15 is 0 Å². The summed E-state index contributed by atoms with van der Waals surface area (Å²) in [5, 5.41) is 0. The minimum Gasteiger partial charge on any atom is -0.494 e. The van der Waals surface area contributed by atoms with Crippen LogP contribution in [0.2, 0.25) is 0 Å². The van der Waals surface area contributed by atoms with E-state index in [9.17, 15) is 4.79 Å². The quantitative estimate of drug-likeness (QED) is 0.713. The fourth-order valence-electron chi connectivity index (χ4n) is 3.04. The molecule has 0 radical (unpaired) electrons. The Morgan fingerprint density at radius 2 is 1.92 bits per heavy atom. The van der Waals surface area contributed by atoms with E-state index in [4.69, 9.17) is 15.2 Å². The van der Waals surface area contributed by atoms with Crippen molar-refractivity contribution in [2.75, 3.05) is 26.3 Å². The number of hydrogen-bond donors (Lipinski definition) is 1. The number of amides is 1. The van der Waals surface area contributed by atoms with E-state index < -0.39 is 0 Å². The van der Waals surface area contributed by atoms with Gasteiger partial charge < -0.3 is 20.1 Å². The Balaban J connectivity index is 0.00000312. The number of ether oxygens (including phenoxy) is 2. The zero-order chi connectivity index (χ0) is 17.4. The second-order valence-corrected chi connectivity index (χ2v) is 6.46. The number of nitrogens with zero attached hydrogens (tertiary/aromatic N) is 1. The number of halogens is 1. The fourth-order valence-corrected chi connectivity index (χ4v) is 3.04. The van der Waals surface area contributed by atoms with Gasteiger partial charge in [-0.15, -0.1) is 12.4 Å². The number of likely N-dealkylation sites (tertiary alicyclic amines) is 1. The first kappa shape index (κ1) is 21.6. The van der Waals surface area contributed by atoms with Gasteiger partial charge >= 0.3 is 0 Å². The summed E-state index contributed by atoms with van der Waals surface area (Å²) in [4.78, 5) is 14.3. The van der Waals surface area contributed by atoms with Crippen LogP contribution in [0.4, 0.5) is 0 Å². The third-order valence-corrected chi connectivity index (χ3v) is 4.49. The first-order valence-corrected chi connectivity index (χ1v) is 8.99. The second kappa shape index (κ2) is 11.2. The van der Waals surface area contributed by atoms with Crippen LogP contribution in [0.5, 0.6) is 11.5 Å². The monoisotopic (exact) mass is 370 g/mol. The molecular formula is C19H31ClN2O3. The van der Waals surface area contributed by atoms with Gasteiger partial charge in [-0.25, -0.2) is 0 Å². The topological polar surface area (TPSA) is 64.8 Å². The minimum atomic E-state index is 0. The SMILES string of the molecule is CCOc1ccc(OCCCC(=O)N2CCCC(C(C)N)C2)cc1.Cl. The van der Waals surface area contributed by atoms with Gasteiger partial charge in [0.15, 0.2) is 0 Å². The summed E-state index contributed by atoms with van der Waals surface area (Å²) >= 11 is 0. The molecule has 2 rings (SSSR count). The number of carbonyl (C=O) groups is 1. The van der Waals surface area contributed by atoms with E-state index in [-0.39, 0.29) is 24.4 Å². The highest BCUT2D eigenvalue weighted by molar-refractivity contribution is 5.85. The molecule has 6 heteroatoms.